The Labute approximate surface area is 123 Å². The SMILES string of the molecule is CC(C)(C)NCC(CCC1CCCO1)c1ccccc1. The molecule has 0 spiro atoms. The van der Waals surface area contributed by atoms with Crippen LogP contribution in [0, 0.1) is 0 Å². The van der Waals surface area contributed by atoms with Crippen LogP contribution >= 0.6 is 0 Å². The van der Waals surface area contributed by atoms with Gasteiger partial charge in [-0.3, -0.25) is 0 Å². The van der Waals surface area contributed by atoms with E-state index in [1.54, 1.807) is 0 Å². The lowest BCUT2D eigenvalue weighted by Gasteiger charge is -2.26. The number of rotatable bonds is 6. The summed E-state index contributed by atoms with van der Waals surface area (Å²) in [6.45, 7) is 8.69. The maximum absolute atomic E-state index is 5.76. The van der Waals surface area contributed by atoms with Gasteiger partial charge in [0.1, 0.15) is 0 Å². The molecule has 1 fully saturated rings. The van der Waals surface area contributed by atoms with E-state index in [0.717, 1.165) is 13.2 Å². The van der Waals surface area contributed by atoms with Crippen molar-refractivity contribution in [3.05, 3.63) is 35.9 Å². The molecule has 2 unspecified atom stereocenters. The van der Waals surface area contributed by atoms with Gasteiger partial charge in [0.2, 0.25) is 0 Å². The summed E-state index contributed by atoms with van der Waals surface area (Å²) in [4.78, 5) is 0. The second-order valence-corrected chi connectivity index (χ2v) is 6.95. The monoisotopic (exact) mass is 275 g/mol. The van der Waals surface area contributed by atoms with E-state index < -0.39 is 0 Å². The van der Waals surface area contributed by atoms with Gasteiger partial charge in [-0.25, -0.2) is 0 Å². The van der Waals surface area contributed by atoms with Crippen molar-refractivity contribution in [1.29, 1.82) is 0 Å². The molecule has 2 nitrogen and oxygen atoms in total. The lowest BCUT2D eigenvalue weighted by atomic mass is 9.91. The van der Waals surface area contributed by atoms with Crippen LogP contribution in [0.1, 0.15) is 57.9 Å². The molecule has 0 aliphatic carbocycles. The zero-order chi connectivity index (χ0) is 14.4. The smallest absolute Gasteiger partial charge is 0.0576 e. The average Bonchev–Trinajstić information content (AvgIpc) is 2.92. The van der Waals surface area contributed by atoms with Crippen LogP contribution in [0.15, 0.2) is 30.3 Å². The minimum Gasteiger partial charge on any atom is -0.378 e. The van der Waals surface area contributed by atoms with Gasteiger partial charge in [0.05, 0.1) is 6.10 Å². The summed E-state index contributed by atoms with van der Waals surface area (Å²) in [5.74, 6) is 0.583. The quantitative estimate of drug-likeness (QED) is 0.843. The van der Waals surface area contributed by atoms with E-state index in [0.29, 0.717) is 12.0 Å². The molecule has 0 aromatic heterocycles. The summed E-state index contributed by atoms with van der Waals surface area (Å²) >= 11 is 0. The standard InChI is InChI=1S/C18H29NO/c1-18(2,3)19-14-16(15-8-5-4-6-9-15)11-12-17-10-7-13-20-17/h4-6,8-9,16-17,19H,7,10-14H2,1-3H3. The van der Waals surface area contributed by atoms with Crippen LogP contribution in [-0.2, 0) is 4.74 Å². The first kappa shape index (κ1) is 15.5. The van der Waals surface area contributed by atoms with Crippen LogP contribution in [0.2, 0.25) is 0 Å². The van der Waals surface area contributed by atoms with Crippen LogP contribution in [0.5, 0.6) is 0 Å². The molecule has 1 aromatic rings. The van der Waals surface area contributed by atoms with Crippen molar-refractivity contribution in [2.75, 3.05) is 13.2 Å². The Morgan fingerprint density at radius 1 is 1.25 bits per heavy atom. The van der Waals surface area contributed by atoms with Gasteiger partial charge in [0.15, 0.2) is 0 Å². The fraction of sp³-hybridized carbons (Fsp3) is 0.667. The summed E-state index contributed by atoms with van der Waals surface area (Å²) in [6, 6.07) is 10.9. The summed E-state index contributed by atoms with van der Waals surface area (Å²) in [5.41, 5.74) is 1.62. The number of benzene rings is 1. The first-order chi connectivity index (χ1) is 9.54. The normalized spacial score (nSPS) is 21.1. The number of hydrogen-bond acceptors (Lipinski definition) is 2. The van der Waals surface area contributed by atoms with Crippen molar-refractivity contribution in [1.82, 2.24) is 5.32 Å². The average molecular weight is 275 g/mol. The minimum absolute atomic E-state index is 0.177. The Morgan fingerprint density at radius 2 is 2.00 bits per heavy atom. The van der Waals surface area contributed by atoms with Gasteiger partial charge in [-0.15, -0.1) is 0 Å². The van der Waals surface area contributed by atoms with Gasteiger partial charge in [-0.1, -0.05) is 30.3 Å². The van der Waals surface area contributed by atoms with E-state index in [9.17, 15) is 0 Å². The second kappa shape index (κ2) is 7.24. The molecule has 1 aliphatic rings. The lowest BCUT2D eigenvalue weighted by Crippen LogP contribution is -2.38. The van der Waals surface area contributed by atoms with Crippen molar-refractivity contribution < 1.29 is 4.74 Å². The largest absolute Gasteiger partial charge is 0.378 e. The van der Waals surface area contributed by atoms with Crippen LogP contribution in [-0.4, -0.2) is 24.8 Å². The van der Waals surface area contributed by atoms with Crippen LogP contribution in [0.4, 0.5) is 0 Å². The Hall–Kier alpha value is -0.860. The molecule has 0 bridgehead atoms. The lowest BCUT2D eigenvalue weighted by molar-refractivity contribution is 0.100. The molecular formula is C18H29NO. The van der Waals surface area contributed by atoms with Crippen LogP contribution in [0.3, 0.4) is 0 Å². The molecule has 1 saturated heterocycles. The van der Waals surface area contributed by atoms with E-state index in [2.05, 4.69) is 56.4 Å². The topological polar surface area (TPSA) is 21.3 Å². The van der Waals surface area contributed by atoms with E-state index >= 15 is 0 Å². The molecule has 20 heavy (non-hydrogen) atoms. The highest BCUT2D eigenvalue weighted by Crippen LogP contribution is 2.25. The molecule has 0 amide bonds. The fourth-order valence-electron chi connectivity index (χ4n) is 2.80. The van der Waals surface area contributed by atoms with Crippen molar-refractivity contribution in [2.24, 2.45) is 0 Å². The van der Waals surface area contributed by atoms with Gasteiger partial charge < -0.3 is 10.1 Å². The third-order valence-corrected chi connectivity index (χ3v) is 4.01. The maximum Gasteiger partial charge on any atom is 0.0576 e. The number of ether oxygens (including phenoxy) is 1. The molecule has 1 aromatic carbocycles. The molecule has 2 heteroatoms. The van der Waals surface area contributed by atoms with Crippen LogP contribution < -0.4 is 5.32 Å². The van der Waals surface area contributed by atoms with Gasteiger partial charge in [0, 0.05) is 18.7 Å². The molecule has 2 atom stereocenters. The van der Waals surface area contributed by atoms with Gasteiger partial charge in [0.25, 0.3) is 0 Å². The predicted molar refractivity (Wildman–Crippen MR) is 85.1 cm³/mol. The molecule has 1 heterocycles. The molecule has 0 radical (unpaired) electrons. The Morgan fingerprint density at radius 3 is 2.60 bits per heavy atom. The zero-order valence-corrected chi connectivity index (χ0v) is 13.2. The summed E-state index contributed by atoms with van der Waals surface area (Å²) in [7, 11) is 0. The molecule has 112 valence electrons. The van der Waals surface area contributed by atoms with E-state index in [1.807, 2.05) is 0 Å². The number of hydrogen-bond donors (Lipinski definition) is 1. The summed E-state index contributed by atoms with van der Waals surface area (Å²) in [6.07, 6.45) is 5.37. The Bertz CT molecular complexity index is 376. The maximum atomic E-state index is 5.76. The third-order valence-electron chi connectivity index (χ3n) is 4.01. The van der Waals surface area contributed by atoms with Gasteiger partial charge in [-0.2, -0.15) is 0 Å². The first-order valence-corrected chi connectivity index (χ1v) is 7.96. The summed E-state index contributed by atoms with van der Waals surface area (Å²) < 4.78 is 5.76. The highest BCUT2D eigenvalue weighted by Gasteiger charge is 2.20. The van der Waals surface area contributed by atoms with Gasteiger partial charge >= 0.3 is 0 Å². The second-order valence-electron chi connectivity index (χ2n) is 6.95. The van der Waals surface area contributed by atoms with E-state index in [-0.39, 0.29) is 5.54 Å². The fourth-order valence-corrected chi connectivity index (χ4v) is 2.80. The highest BCUT2D eigenvalue weighted by atomic mass is 16.5. The third kappa shape index (κ3) is 5.26. The molecule has 1 N–H and O–H groups in total. The predicted octanol–water partition coefficient (Wildman–Crippen LogP) is 4.12. The van der Waals surface area contributed by atoms with Crippen LogP contribution in [0.25, 0.3) is 0 Å². The first-order valence-electron chi connectivity index (χ1n) is 7.96. The molecular weight excluding hydrogens is 246 g/mol. The highest BCUT2D eigenvalue weighted by molar-refractivity contribution is 5.20. The van der Waals surface area contributed by atoms with Crippen molar-refractivity contribution in [3.63, 3.8) is 0 Å². The van der Waals surface area contributed by atoms with Crippen molar-refractivity contribution in [3.8, 4) is 0 Å². The molecule has 0 saturated carbocycles. The number of nitrogens with one attached hydrogen (secondary N) is 1. The van der Waals surface area contributed by atoms with E-state index in [4.69, 9.17) is 4.74 Å². The Balaban J connectivity index is 1.92. The van der Waals surface area contributed by atoms with Crippen molar-refractivity contribution >= 4 is 0 Å². The van der Waals surface area contributed by atoms with E-state index in [1.165, 1.54) is 31.2 Å². The summed E-state index contributed by atoms with van der Waals surface area (Å²) in [5, 5.41) is 3.66. The Kier molecular flexibility index (Phi) is 5.62. The minimum atomic E-state index is 0.177. The van der Waals surface area contributed by atoms with Crippen molar-refractivity contribution in [2.45, 2.75) is 64.0 Å². The zero-order valence-electron chi connectivity index (χ0n) is 13.2. The molecule has 2 rings (SSSR count). The van der Waals surface area contributed by atoms with Gasteiger partial charge in [-0.05, 0) is 57.9 Å². The molecule has 1 aliphatic heterocycles.